The molecule has 0 unspecified atom stereocenters. The lowest BCUT2D eigenvalue weighted by Gasteiger charge is -2.02. The Balaban J connectivity index is 2.39. The lowest BCUT2D eigenvalue weighted by molar-refractivity contribution is 0.0692. The first-order chi connectivity index (χ1) is 8.49. The van der Waals surface area contributed by atoms with Crippen molar-refractivity contribution in [3.05, 3.63) is 29.2 Å². The van der Waals surface area contributed by atoms with E-state index in [1.807, 2.05) is 6.92 Å². The highest BCUT2D eigenvalue weighted by atomic mass is 32.2. The summed E-state index contributed by atoms with van der Waals surface area (Å²) in [6, 6.07) is 0. The van der Waals surface area contributed by atoms with Crippen LogP contribution in [0, 0.1) is 13.8 Å². The Labute approximate surface area is 108 Å². The van der Waals surface area contributed by atoms with Crippen molar-refractivity contribution in [2.75, 3.05) is 0 Å². The molecule has 94 valence electrons. The molecule has 0 radical (unpaired) electrons. The molecule has 2 heterocycles. The summed E-state index contributed by atoms with van der Waals surface area (Å²) >= 11 is 1.20. The van der Waals surface area contributed by atoms with Crippen LogP contribution in [0.3, 0.4) is 0 Å². The summed E-state index contributed by atoms with van der Waals surface area (Å²) in [5, 5.41) is 14.3. The Morgan fingerprint density at radius 3 is 2.50 bits per heavy atom. The number of aryl methyl sites for hydroxylation is 3. The third kappa shape index (κ3) is 2.35. The molecule has 0 aliphatic carbocycles. The summed E-state index contributed by atoms with van der Waals surface area (Å²) in [7, 11) is 1.70. The minimum atomic E-state index is -0.991. The lowest BCUT2D eigenvalue weighted by atomic mass is 10.3. The van der Waals surface area contributed by atoms with E-state index in [2.05, 4.69) is 15.1 Å². The first kappa shape index (κ1) is 12.6. The van der Waals surface area contributed by atoms with Gasteiger partial charge in [0, 0.05) is 19.4 Å². The maximum atomic E-state index is 11.2. The van der Waals surface area contributed by atoms with E-state index < -0.39 is 5.97 Å². The van der Waals surface area contributed by atoms with Gasteiger partial charge in [-0.25, -0.2) is 14.8 Å². The van der Waals surface area contributed by atoms with E-state index in [0.29, 0.717) is 15.9 Å². The van der Waals surface area contributed by atoms with Crippen LogP contribution in [0.1, 0.15) is 21.6 Å². The molecule has 0 amide bonds. The van der Waals surface area contributed by atoms with Gasteiger partial charge in [0.15, 0.2) is 5.16 Å². The number of rotatable bonds is 3. The molecule has 18 heavy (non-hydrogen) atoms. The van der Waals surface area contributed by atoms with Gasteiger partial charge in [-0.2, -0.15) is 5.10 Å². The Morgan fingerprint density at radius 2 is 1.94 bits per heavy atom. The molecule has 6 nitrogen and oxygen atoms in total. The number of aromatic nitrogens is 4. The molecule has 0 fully saturated rings. The number of nitrogens with zero attached hydrogens (tertiary/aromatic N) is 4. The highest BCUT2D eigenvalue weighted by molar-refractivity contribution is 7.99. The fourth-order valence-corrected chi connectivity index (χ4v) is 2.41. The lowest BCUT2D eigenvalue weighted by Crippen LogP contribution is -2.01. The minimum Gasteiger partial charge on any atom is -0.478 e. The predicted octanol–water partition coefficient (Wildman–Crippen LogP) is 1.68. The molecule has 7 heteroatoms. The average Bonchev–Trinajstić information content (AvgIpc) is 2.57. The molecule has 0 aromatic carbocycles. The molecular weight excluding hydrogens is 252 g/mol. The van der Waals surface area contributed by atoms with Crippen LogP contribution in [0.25, 0.3) is 0 Å². The Hall–Kier alpha value is -1.89. The van der Waals surface area contributed by atoms with Crippen molar-refractivity contribution in [3.8, 4) is 0 Å². The second-order valence-electron chi connectivity index (χ2n) is 3.84. The number of carboxylic acid groups (broad SMARTS) is 1. The molecule has 2 rings (SSSR count). The Bertz CT molecular complexity index is 592. The number of carbonyl (C=O) groups is 1. The van der Waals surface area contributed by atoms with E-state index in [4.69, 9.17) is 0 Å². The standard InChI is InChI=1S/C11H12N4O2S/c1-6-4-12-11(13-5-6)18-9-8(10(16)17)7(2)14-15(9)3/h4-5H,1-3H3,(H,16,17). The van der Waals surface area contributed by atoms with Crippen LogP contribution >= 0.6 is 11.8 Å². The van der Waals surface area contributed by atoms with Gasteiger partial charge >= 0.3 is 5.97 Å². The summed E-state index contributed by atoms with van der Waals surface area (Å²) in [6.45, 7) is 3.56. The van der Waals surface area contributed by atoms with E-state index >= 15 is 0 Å². The van der Waals surface area contributed by atoms with Crippen molar-refractivity contribution in [1.29, 1.82) is 0 Å². The van der Waals surface area contributed by atoms with Gasteiger partial charge in [0.2, 0.25) is 0 Å². The van der Waals surface area contributed by atoms with E-state index in [1.54, 1.807) is 26.4 Å². The maximum Gasteiger partial charge on any atom is 0.340 e. The fraction of sp³-hybridized carbons (Fsp3) is 0.273. The molecule has 0 aliphatic rings. The van der Waals surface area contributed by atoms with E-state index in [9.17, 15) is 9.90 Å². The topological polar surface area (TPSA) is 80.9 Å². The molecule has 0 aliphatic heterocycles. The van der Waals surface area contributed by atoms with Crippen LogP contribution in [-0.2, 0) is 7.05 Å². The first-order valence-corrected chi connectivity index (χ1v) is 6.04. The Morgan fingerprint density at radius 1 is 1.33 bits per heavy atom. The molecule has 1 N–H and O–H groups in total. The van der Waals surface area contributed by atoms with Gasteiger partial charge < -0.3 is 5.11 Å². The van der Waals surface area contributed by atoms with Gasteiger partial charge in [0.25, 0.3) is 0 Å². The van der Waals surface area contributed by atoms with Crippen LogP contribution < -0.4 is 0 Å². The van der Waals surface area contributed by atoms with Crippen molar-refractivity contribution < 1.29 is 9.90 Å². The van der Waals surface area contributed by atoms with Gasteiger partial charge in [-0.1, -0.05) is 0 Å². The van der Waals surface area contributed by atoms with Crippen LogP contribution in [0.2, 0.25) is 0 Å². The first-order valence-electron chi connectivity index (χ1n) is 5.22. The van der Waals surface area contributed by atoms with Crippen LogP contribution in [0.15, 0.2) is 22.6 Å². The second kappa shape index (κ2) is 4.77. The van der Waals surface area contributed by atoms with E-state index in [-0.39, 0.29) is 5.56 Å². The monoisotopic (exact) mass is 264 g/mol. The molecule has 2 aromatic rings. The number of hydrogen-bond donors (Lipinski definition) is 1. The fourth-order valence-electron chi connectivity index (χ4n) is 1.52. The van der Waals surface area contributed by atoms with Crippen molar-refractivity contribution in [3.63, 3.8) is 0 Å². The molecule has 0 bridgehead atoms. The third-order valence-corrected chi connectivity index (χ3v) is 3.38. The van der Waals surface area contributed by atoms with Gasteiger partial charge in [-0.3, -0.25) is 4.68 Å². The van der Waals surface area contributed by atoms with Crippen molar-refractivity contribution in [2.24, 2.45) is 7.05 Å². The predicted molar refractivity (Wildman–Crippen MR) is 65.8 cm³/mol. The number of aromatic carboxylic acids is 1. The highest BCUT2D eigenvalue weighted by Crippen LogP contribution is 2.29. The van der Waals surface area contributed by atoms with E-state index in [0.717, 1.165) is 5.56 Å². The van der Waals surface area contributed by atoms with Crippen molar-refractivity contribution >= 4 is 17.7 Å². The second-order valence-corrected chi connectivity index (χ2v) is 4.80. The quantitative estimate of drug-likeness (QED) is 0.849. The normalized spacial score (nSPS) is 10.6. The Kier molecular flexibility index (Phi) is 3.33. The summed E-state index contributed by atoms with van der Waals surface area (Å²) < 4.78 is 1.53. The number of hydrogen-bond acceptors (Lipinski definition) is 5. The molecular formula is C11H12N4O2S. The van der Waals surface area contributed by atoms with Gasteiger partial charge in [0.1, 0.15) is 10.6 Å². The summed E-state index contributed by atoms with van der Waals surface area (Å²) in [5.74, 6) is -0.991. The van der Waals surface area contributed by atoms with Gasteiger partial charge in [-0.05, 0) is 31.2 Å². The molecule has 0 saturated carbocycles. The molecule has 0 spiro atoms. The maximum absolute atomic E-state index is 11.2. The summed E-state index contributed by atoms with van der Waals surface area (Å²) in [5.41, 5.74) is 1.64. The summed E-state index contributed by atoms with van der Waals surface area (Å²) in [4.78, 5) is 19.5. The van der Waals surface area contributed by atoms with E-state index in [1.165, 1.54) is 16.4 Å². The minimum absolute atomic E-state index is 0.201. The molecule has 0 atom stereocenters. The SMILES string of the molecule is Cc1cnc(Sc2c(C(=O)O)c(C)nn2C)nc1. The van der Waals surface area contributed by atoms with Crippen LogP contribution in [0.4, 0.5) is 0 Å². The highest BCUT2D eigenvalue weighted by Gasteiger charge is 2.21. The van der Waals surface area contributed by atoms with Crippen LogP contribution in [-0.4, -0.2) is 30.8 Å². The average molecular weight is 264 g/mol. The summed E-state index contributed by atoms with van der Waals surface area (Å²) in [6.07, 6.45) is 3.39. The third-order valence-electron chi connectivity index (χ3n) is 2.33. The zero-order valence-electron chi connectivity index (χ0n) is 10.2. The largest absolute Gasteiger partial charge is 0.478 e. The smallest absolute Gasteiger partial charge is 0.340 e. The molecule has 0 saturated heterocycles. The zero-order chi connectivity index (χ0) is 13.3. The molecule has 2 aromatic heterocycles. The van der Waals surface area contributed by atoms with Crippen molar-refractivity contribution in [1.82, 2.24) is 19.7 Å². The van der Waals surface area contributed by atoms with Gasteiger partial charge in [0.05, 0.1) is 5.69 Å². The van der Waals surface area contributed by atoms with Gasteiger partial charge in [-0.15, -0.1) is 0 Å². The zero-order valence-corrected chi connectivity index (χ0v) is 11.0. The number of carboxylic acids is 1. The van der Waals surface area contributed by atoms with Crippen molar-refractivity contribution in [2.45, 2.75) is 24.0 Å². The van der Waals surface area contributed by atoms with Crippen LogP contribution in [0.5, 0.6) is 0 Å².